The van der Waals surface area contributed by atoms with Gasteiger partial charge >= 0.3 is 6.36 Å². The number of halogens is 4. The van der Waals surface area contributed by atoms with Crippen LogP contribution in [0.25, 0.3) is 11.6 Å². The van der Waals surface area contributed by atoms with Crippen molar-refractivity contribution in [1.82, 2.24) is 15.1 Å². The predicted molar refractivity (Wildman–Crippen MR) is 110 cm³/mol. The maximum absolute atomic E-state index is 12.1. The van der Waals surface area contributed by atoms with Crippen LogP contribution in [-0.2, 0) is 6.42 Å². The third kappa shape index (κ3) is 7.21. The van der Waals surface area contributed by atoms with Crippen LogP contribution in [0, 0.1) is 0 Å². The normalized spacial score (nSPS) is 11.6. The highest BCUT2D eigenvalue weighted by Gasteiger charge is 2.30. The van der Waals surface area contributed by atoms with Crippen LogP contribution >= 0.6 is 24.0 Å². The fourth-order valence-electron chi connectivity index (χ4n) is 2.15. The van der Waals surface area contributed by atoms with Gasteiger partial charge in [-0.2, -0.15) is 4.98 Å². The molecule has 0 aliphatic carbocycles. The molecule has 8 nitrogen and oxygen atoms in total. The van der Waals surface area contributed by atoms with E-state index >= 15 is 0 Å². The molecule has 0 amide bonds. The molecule has 0 aliphatic heterocycles. The molecule has 0 bridgehead atoms. The largest absolute Gasteiger partial charge is 0.573 e. The third-order valence-electron chi connectivity index (χ3n) is 3.33. The van der Waals surface area contributed by atoms with E-state index in [1.165, 1.54) is 24.3 Å². The minimum Gasteiger partial charge on any atom is -0.406 e. The summed E-state index contributed by atoms with van der Waals surface area (Å²) in [5, 5.41) is 6.62. The highest BCUT2D eigenvalue weighted by atomic mass is 127. The maximum atomic E-state index is 12.1. The van der Waals surface area contributed by atoms with Crippen molar-refractivity contribution in [2.45, 2.75) is 12.8 Å². The molecule has 3 N–H and O–H groups in total. The Morgan fingerprint density at radius 2 is 1.93 bits per heavy atom. The van der Waals surface area contributed by atoms with Crippen molar-refractivity contribution in [3.63, 3.8) is 0 Å². The van der Waals surface area contributed by atoms with Crippen molar-refractivity contribution in [3.05, 3.63) is 54.5 Å². The van der Waals surface area contributed by atoms with Gasteiger partial charge in [0.2, 0.25) is 0 Å². The number of ether oxygens (including phenoxy) is 1. The Kier molecular flexibility index (Phi) is 7.75. The van der Waals surface area contributed by atoms with E-state index in [1.54, 1.807) is 18.3 Å². The van der Waals surface area contributed by atoms with Gasteiger partial charge in [0, 0.05) is 24.8 Å². The molecule has 154 valence electrons. The van der Waals surface area contributed by atoms with Crippen molar-refractivity contribution < 1.29 is 22.4 Å². The number of benzene rings is 1. The lowest BCUT2D eigenvalue weighted by Gasteiger charge is -2.10. The second-order valence-corrected chi connectivity index (χ2v) is 5.44. The maximum Gasteiger partial charge on any atom is 0.573 e. The Labute approximate surface area is 180 Å². The van der Waals surface area contributed by atoms with Crippen molar-refractivity contribution in [2.75, 3.05) is 11.9 Å². The topological polar surface area (TPSA) is 111 Å². The molecule has 0 aliphatic rings. The van der Waals surface area contributed by atoms with Gasteiger partial charge in [0.25, 0.3) is 5.89 Å². The Morgan fingerprint density at radius 3 is 2.59 bits per heavy atom. The van der Waals surface area contributed by atoms with Crippen molar-refractivity contribution in [3.8, 4) is 17.3 Å². The van der Waals surface area contributed by atoms with E-state index in [-0.39, 0.29) is 42.2 Å². The number of guanidine groups is 1. The van der Waals surface area contributed by atoms with Gasteiger partial charge < -0.3 is 20.3 Å². The first kappa shape index (κ1) is 22.4. The summed E-state index contributed by atoms with van der Waals surface area (Å²) in [6, 6.07) is 10.5. The number of nitrogens with one attached hydrogen (secondary N) is 1. The molecular weight excluding hydrogens is 504 g/mol. The predicted octanol–water partition coefficient (Wildman–Crippen LogP) is 3.62. The van der Waals surface area contributed by atoms with Crippen LogP contribution in [0.1, 0.15) is 5.82 Å². The van der Waals surface area contributed by atoms with Gasteiger partial charge in [-0.3, -0.25) is 9.98 Å². The van der Waals surface area contributed by atoms with E-state index in [4.69, 9.17) is 10.3 Å². The van der Waals surface area contributed by atoms with Gasteiger partial charge in [-0.25, -0.2) is 0 Å². The zero-order chi connectivity index (χ0) is 20.0. The standard InChI is InChI=1S/C17H15F3N6O2.HI/c18-17(19,20)27-12-6-4-11(5-7-12)24-16(21)23-10-8-14-25-15(28-26-14)13-3-1-2-9-22-13;/h1-7,9H,8,10H2,(H3,21,23,24);1H. The number of hydrogen-bond donors (Lipinski definition) is 2. The van der Waals surface area contributed by atoms with Crippen LogP contribution in [-0.4, -0.2) is 34.0 Å². The molecule has 0 atom stereocenters. The zero-order valence-corrected chi connectivity index (χ0v) is 17.1. The van der Waals surface area contributed by atoms with Crippen LogP contribution in [0.15, 0.2) is 58.2 Å². The minimum atomic E-state index is -4.74. The first-order chi connectivity index (χ1) is 13.4. The number of aliphatic imine (C=N–C) groups is 1. The minimum absolute atomic E-state index is 0. The number of aromatic nitrogens is 3. The number of hydrogen-bond acceptors (Lipinski definition) is 6. The molecule has 12 heteroatoms. The first-order valence-corrected chi connectivity index (χ1v) is 8.06. The van der Waals surface area contributed by atoms with Gasteiger partial charge in [0.05, 0.1) is 0 Å². The summed E-state index contributed by atoms with van der Waals surface area (Å²) in [4.78, 5) is 12.5. The number of rotatable bonds is 6. The van der Waals surface area contributed by atoms with E-state index in [0.717, 1.165) is 0 Å². The van der Waals surface area contributed by atoms with E-state index in [2.05, 4.69) is 30.2 Å². The summed E-state index contributed by atoms with van der Waals surface area (Å²) in [5.74, 6) is 0.532. The molecule has 2 heterocycles. The molecule has 3 aromatic rings. The van der Waals surface area contributed by atoms with E-state index in [0.29, 0.717) is 29.5 Å². The SMILES string of the molecule is I.NC(=NCCc1noc(-c2ccccn2)n1)Nc1ccc(OC(F)(F)F)cc1. The number of alkyl halides is 3. The van der Waals surface area contributed by atoms with Crippen LogP contribution < -0.4 is 15.8 Å². The highest BCUT2D eigenvalue weighted by molar-refractivity contribution is 14.0. The van der Waals surface area contributed by atoms with E-state index in [9.17, 15) is 13.2 Å². The number of pyridine rings is 1. The third-order valence-corrected chi connectivity index (χ3v) is 3.33. The summed E-state index contributed by atoms with van der Waals surface area (Å²) in [5.41, 5.74) is 6.80. The lowest BCUT2D eigenvalue weighted by molar-refractivity contribution is -0.274. The van der Waals surface area contributed by atoms with Crippen LogP contribution in [0.5, 0.6) is 5.75 Å². The quantitative estimate of drug-likeness (QED) is 0.290. The Morgan fingerprint density at radius 1 is 1.17 bits per heavy atom. The fourth-order valence-corrected chi connectivity index (χ4v) is 2.15. The van der Waals surface area contributed by atoms with Crippen LogP contribution in [0.4, 0.5) is 18.9 Å². The van der Waals surface area contributed by atoms with Gasteiger partial charge in [0.1, 0.15) is 11.4 Å². The molecular formula is C17H16F3IN6O2. The Hall–Kier alpha value is -2.90. The second kappa shape index (κ2) is 10.0. The van der Waals surface area contributed by atoms with E-state index < -0.39 is 6.36 Å². The van der Waals surface area contributed by atoms with Gasteiger partial charge in [-0.1, -0.05) is 11.2 Å². The number of nitrogens with zero attached hydrogens (tertiary/aromatic N) is 4. The highest BCUT2D eigenvalue weighted by Crippen LogP contribution is 2.23. The number of anilines is 1. The summed E-state index contributed by atoms with van der Waals surface area (Å²) < 4.78 is 45.3. The lowest BCUT2D eigenvalue weighted by Crippen LogP contribution is -2.23. The monoisotopic (exact) mass is 520 g/mol. The molecule has 2 aromatic heterocycles. The molecule has 0 radical (unpaired) electrons. The summed E-state index contributed by atoms with van der Waals surface area (Å²) in [7, 11) is 0. The number of nitrogens with two attached hydrogens (primary N) is 1. The smallest absolute Gasteiger partial charge is 0.406 e. The summed E-state index contributed by atoms with van der Waals surface area (Å²) >= 11 is 0. The van der Waals surface area contributed by atoms with Gasteiger partial charge in [-0.15, -0.1) is 37.1 Å². The summed E-state index contributed by atoms with van der Waals surface area (Å²) in [6.07, 6.45) is -2.73. The van der Waals surface area contributed by atoms with Crippen LogP contribution in [0.3, 0.4) is 0 Å². The fraction of sp³-hybridized carbons (Fsp3) is 0.176. The van der Waals surface area contributed by atoms with Gasteiger partial charge in [-0.05, 0) is 36.4 Å². The average Bonchev–Trinajstić information content (AvgIpc) is 3.12. The van der Waals surface area contributed by atoms with Crippen molar-refractivity contribution >= 4 is 35.6 Å². The molecule has 0 unspecified atom stereocenters. The molecule has 0 saturated heterocycles. The van der Waals surface area contributed by atoms with E-state index in [1.807, 2.05) is 6.07 Å². The van der Waals surface area contributed by atoms with Crippen molar-refractivity contribution in [1.29, 1.82) is 0 Å². The second-order valence-electron chi connectivity index (χ2n) is 5.44. The molecule has 3 rings (SSSR count). The van der Waals surface area contributed by atoms with Crippen molar-refractivity contribution in [2.24, 2.45) is 10.7 Å². The zero-order valence-electron chi connectivity index (χ0n) is 14.8. The molecule has 0 fully saturated rings. The molecule has 0 spiro atoms. The Balaban J connectivity index is 0.00000300. The lowest BCUT2D eigenvalue weighted by atomic mass is 10.3. The Bertz CT molecular complexity index is 932. The summed E-state index contributed by atoms with van der Waals surface area (Å²) in [6.45, 7) is 0.287. The average molecular weight is 520 g/mol. The van der Waals surface area contributed by atoms with Crippen LogP contribution in [0.2, 0.25) is 0 Å². The van der Waals surface area contributed by atoms with Gasteiger partial charge in [0.15, 0.2) is 11.8 Å². The first-order valence-electron chi connectivity index (χ1n) is 8.06. The molecule has 29 heavy (non-hydrogen) atoms. The molecule has 0 saturated carbocycles. The molecule has 1 aromatic carbocycles.